The average molecular weight is 656 g/mol. The van der Waals surface area contributed by atoms with Crippen molar-refractivity contribution < 1.29 is 27.5 Å². The summed E-state index contributed by atoms with van der Waals surface area (Å²) >= 11 is 0. The molecule has 2 fully saturated rings. The van der Waals surface area contributed by atoms with Crippen molar-refractivity contribution in [2.45, 2.75) is 96.3 Å². The Kier molecular flexibility index (Phi) is 12.4. The Hall–Kier alpha value is -3.32. The molecule has 2 aromatic rings. The standard InChI is InChI=1S/C34H49N5O6S/c1-23-7-10-27(20-35)28(18-23)21-36-33(41)31-6-5-15-39(31)34(42)30(11-12-32(40)38(4)29-13-16-45-17-14-29)37-46(43,44)22-26-9-8-24(2)25(3)19-26/h7-10,18-19,29-31,37H,5-6,11-17,20-22,35H2,1-4H3,(H,36,41)/t30-,31+/m1/s1. The van der Waals surface area contributed by atoms with E-state index >= 15 is 0 Å². The highest BCUT2D eigenvalue weighted by Crippen LogP contribution is 2.22. The monoisotopic (exact) mass is 655 g/mol. The van der Waals surface area contributed by atoms with Gasteiger partial charge >= 0.3 is 0 Å². The third-order valence-electron chi connectivity index (χ3n) is 9.20. The summed E-state index contributed by atoms with van der Waals surface area (Å²) in [6.07, 6.45) is 2.49. The van der Waals surface area contributed by atoms with E-state index in [0.717, 1.165) is 40.7 Å². The van der Waals surface area contributed by atoms with E-state index in [4.69, 9.17) is 10.5 Å². The SMILES string of the molecule is Cc1ccc(CN)c(CNC(=O)[C@@H]2CCCN2C(=O)[C@@H](CCC(=O)N(C)C2CCOCC2)NS(=O)(=O)Cc2ccc(C)c(C)c2)c1. The van der Waals surface area contributed by atoms with Crippen LogP contribution in [0.15, 0.2) is 36.4 Å². The topological polar surface area (TPSA) is 151 Å². The summed E-state index contributed by atoms with van der Waals surface area (Å²) in [5.41, 5.74) is 11.4. The second-order valence-corrected chi connectivity index (χ2v) is 14.4. The Labute approximate surface area is 273 Å². The summed E-state index contributed by atoms with van der Waals surface area (Å²) in [6, 6.07) is 9.44. The zero-order valence-electron chi connectivity index (χ0n) is 27.5. The van der Waals surface area contributed by atoms with Crippen LogP contribution < -0.4 is 15.8 Å². The molecular formula is C34H49N5O6S. The zero-order valence-corrected chi connectivity index (χ0v) is 28.3. The van der Waals surface area contributed by atoms with E-state index in [1.165, 1.54) is 4.90 Å². The smallest absolute Gasteiger partial charge is 0.243 e. The highest BCUT2D eigenvalue weighted by Gasteiger charge is 2.39. The molecule has 2 atom stereocenters. The summed E-state index contributed by atoms with van der Waals surface area (Å²) in [7, 11) is -2.23. The molecule has 2 heterocycles. The van der Waals surface area contributed by atoms with Gasteiger partial charge in [0.1, 0.15) is 12.1 Å². The minimum Gasteiger partial charge on any atom is -0.381 e. The number of nitrogens with one attached hydrogen (secondary N) is 2. The van der Waals surface area contributed by atoms with Gasteiger partial charge in [-0.05, 0) is 80.7 Å². The molecule has 0 unspecified atom stereocenters. The number of rotatable bonds is 13. The molecule has 11 nitrogen and oxygen atoms in total. The van der Waals surface area contributed by atoms with Crippen LogP contribution >= 0.6 is 0 Å². The highest BCUT2D eigenvalue weighted by molar-refractivity contribution is 7.88. The Morgan fingerprint density at radius 2 is 1.76 bits per heavy atom. The predicted octanol–water partition coefficient (Wildman–Crippen LogP) is 2.58. The minimum absolute atomic E-state index is 0.0175. The molecule has 2 aliphatic rings. The Balaban J connectivity index is 1.49. The van der Waals surface area contributed by atoms with Crippen LogP contribution in [0, 0.1) is 20.8 Å². The van der Waals surface area contributed by atoms with Crippen LogP contribution in [-0.4, -0.2) is 80.9 Å². The van der Waals surface area contributed by atoms with Gasteiger partial charge in [-0.1, -0.05) is 42.0 Å². The van der Waals surface area contributed by atoms with Crippen LogP contribution in [0.4, 0.5) is 0 Å². The second-order valence-electron chi connectivity index (χ2n) is 12.6. The van der Waals surface area contributed by atoms with E-state index in [-0.39, 0.29) is 43.0 Å². The number of nitrogens with two attached hydrogens (primary N) is 1. The van der Waals surface area contributed by atoms with Crippen molar-refractivity contribution in [3.63, 3.8) is 0 Å². The van der Waals surface area contributed by atoms with Crippen molar-refractivity contribution in [1.82, 2.24) is 19.8 Å². The highest BCUT2D eigenvalue weighted by atomic mass is 32.2. The van der Waals surface area contributed by atoms with E-state index in [1.54, 1.807) is 18.0 Å². The van der Waals surface area contributed by atoms with Crippen molar-refractivity contribution in [2.75, 3.05) is 26.8 Å². The van der Waals surface area contributed by atoms with Crippen molar-refractivity contribution in [3.05, 3.63) is 69.8 Å². The number of aryl methyl sites for hydroxylation is 3. The molecule has 12 heteroatoms. The molecule has 0 radical (unpaired) electrons. The first-order valence-corrected chi connectivity index (χ1v) is 17.8. The van der Waals surface area contributed by atoms with Gasteiger partial charge in [-0.3, -0.25) is 14.4 Å². The van der Waals surface area contributed by atoms with Crippen molar-refractivity contribution in [2.24, 2.45) is 5.73 Å². The fourth-order valence-corrected chi connectivity index (χ4v) is 7.60. The summed E-state index contributed by atoms with van der Waals surface area (Å²) in [6.45, 7) is 7.93. The predicted molar refractivity (Wildman–Crippen MR) is 177 cm³/mol. The number of carbonyl (C=O) groups is 3. The largest absolute Gasteiger partial charge is 0.381 e. The summed E-state index contributed by atoms with van der Waals surface area (Å²) < 4.78 is 34.9. The van der Waals surface area contributed by atoms with E-state index in [2.05, 4.69) is 10.0 Å². The first kappa shape index (κ1) is 35.5. The maximum absolute atomic E-state index is 14.1. The molecule has 46 heavy (non-hydrogen) atoms. The Morgan fingerprint density at radius 1 is 1.02 bits per heavy atom. The van der Waals surface area contributed by atoms with Gasteiger partial charge in [0, 0.05) is 52.4 Å². The number of hydrogen-bond donors (Lipinski definition) is 3. The lowest BCUT2D eigenvalue weighted by molar-refractivity contribution is -0.140. The minimum atomic E-state index is -3.97. The van der Waals surface area contributed by atoms with Crippen LogP contribution in [0.25, 0.3) is 0 Å². The van der Waals surface area contributed by atoms with Crippen molar-refractivity contribution >= 4 is 27.7 Å². The van der Waals surface area contributed by atoms with Gasteiger partial charge < -0.3 is 25.6 Å². The molecule has 0 bridgehead atoms. The van der Waals surface area contributed by atoms with Gasteiger partial charge in [-0.2, -0.15) is 0 Å². The van der Waals surface area contributed by atoms with Crippen molar-refractivity contribution in [1.29, 1.82) is 0 Å². The zero-order chi connectivity index (χ0) is 33.4. The lowest BCUT2D eigenvalue weighted by atomic mass is 10.0. The van der Waals surface area contributed by atoms with E-state index in [9.17, 15) is 22.8 Å². The maximum atomic E-state index is 14.1. The van der Waals surface area contributed by atoms with Crippen LogP contribution in [-0.2, 0) is 48.0 Å². The van der Waals surface area contributed by atoms with E-state index in [1.807, 2.05) is 51.1 Å². The van der Waals surface area contributed by atoms with Crippen molar-refractivity contribution in [3.8, 4) is 0 Å². The molecule has 0 aliphatic carbocycles. The third-order valence-corrected chi connectivity index (χ3v) is 10.6. The van der Waals surface area contributed by atoms with Gasteiger partial charge in [0.05, 0.1) is 5.75 Å². The molecule has 0 spiro atoms. The number of carbonyl (C=O) groups excluding carboxylic acids is 3. The second kappa shape index (κ2) is 16.0. The van der Waals surface area contributed by atoms with Crippen LogP contribution in [0.2, 0.25) is 0 Å². The first-order valence-electron chi connectivity index (χ1n) is 16.1. The van der Waals surface area contributed by atoms with Crippen LogP contribution in [0.5, 0.6) is 0 Å². The average Bonchev–Trinajstić information content (AvgIpc) is 3.53. The quantitative estimate of drug-likeness (QED) is 0.300. The fraction of sp³-hybridized carbons (Fsp3) is 0.559. The van der Waals surface area contributed by atoms with Gasteiger partial charge in [-0.25, -0.2) is 13.1 Å². The molecule has 0 saturated carbocycles. The number of ether oxygens (including phenoxy) is 1. The number of nitrogens with zero attached hydrogens (tertiary/aromatic N) is 2. The summed E-state index contributed by atoms with van der Waals surface area (Å²) in [5, 5.41) is 2.96. The summed E-state index contributed by atoms with van der Waals surface area (Å²) in [4.78, 5) is 43.8. The molecule has 2 saturated heterocycles. The molecule has 2 aromatic carbocycles. The molecule has 4 N–H and O–H groups in total. The normalized spacial score (nSPS) is 17.9. The van der Waals surface area contributed by atoms with E-state index in [0.29, 0.717) is 44.7 Å². The molecule has 3 amide bonds. The summed E-state index contributed by atoms with van der Waals surface area (Å²) in [5.74, 6) is -1.27. The fourth-order valence-electron chi connectivity index (χ4n) is 6.25. The molecule has 0 aromatic heterocycles. The Morgan fingerprint density at radius 3 is 2.46 bits per heavy atom. The number of amides is 3. The van der Waals surface area contributed by atoms with E-state index < -0.39 is 28.0 Å². The van der Waals surface area contributed by atoms with Gasteiger partial charge in [-0.15, -0.1) is 0 Å². The lowest BCUT2D eigenvalue weighted by Crippen LogP contribution is -2.53. The lowest BCUT2D eigenvalue weighted by Gasteiger charge is -2.32. The first-order chi connectivity index (χ1) is 21.9. The number of sulfonamides is 1. The van der Waals surface area contributed by atoms with Gasteiger partial charge in [0.15, 0.2) is 0 Å². The molecule has 2 aliphatic heterocycles. The molecular weight excluding hydrogens is 606 g/mol. The number of benzene rings is 2. The number of likely N-dealkylation sites (tertiary alicyclic amines) is 1. The van der Waals surface area contributed by atoms with Gasteiger partial charge in [0.2, 0.25) is 27.7 Å². The van der Waals surface area contributed by atoms with Crippen LogP contribution in [0.1, 0.15) is 71.9 Å². The Bertz CT molecular complexity index is 1510. The maximum Gasteiger partial charge on any atom is 0.243 e. The number of hydrogen-bond acceptors (Lipinski definition) is 7. The third kappa shape index (κ3) is 9.37. The van der Waals surface area contributed by atoms with Gasteiger partial charge in [0.25, 0.3) is 0 Å². The molecule has 4 rings (SSSR count). The van der Waals surface area contributed by atoms with Crippen LogP contribution in [0.3, 0.4) is 0 Å². The molecule has 252 valence electrons.